The van der Waals surface area contributed by atoms with E-state index in [0.29, 0.717) is 12.0 Å². The van der Waals surface area contributed by atoms with Crippen molar-refractivity contribution in [2.75, 3.05) is 13.6 Å². The monoisotopic (exact) mass is 293 g/mol. The number of carbonyl (C=O) groups excluding carboxylic acids is 2. The van der Waals surface area contributed by atoms with Gasteiger partial charge in [-0.3, -0.25) is 9.59 Å². The van der Waals surface area contributed by atoms with Gasteiger partial charge in [0.1, 0.15) is 11.6 Å². The first-order valence-corrected chi connectivity index (χ1v) is 8.19. The molecule has 1 saturated carbocycles. The Hall–Kier alpha value is -1.10. The van der Waals surface area contributed by atoms with Crippen molar-refractivity contribution >= 4 is 11.8 Å². The molecule has 2 aliphatic heterocycles. The van der Waals surface area contributed by atoms with Crippen LogP contribution >= 0.6 is 0 Å². The lowest BCUT2D eigenvalue weighted by molar-refractivity contribution is -0.159. The van der Waals surface area contributed by atoms with Crippen molar-refractivity contribution in [3.05, 3.63) is 0 Å². The van der Waals surface area contributed by atoms with Crippen LogP contribution in [0.15, 0.2) is 0 Å². The molecule has 4 atom stereocenters. The van der Waals surface area contributed by atoms with E-state index in [-0.39, 0.29) is 23.9 Å². The third kappa shape index (κ3) is 2.35. The van der Waals surface area contributed by atoms with Gasteiger partial charge in [0.15, 0.2) is 0 Å². The SMILES string of the molecule is CC1CC(N2C(=O)C(C)(C3CC3)NC(=O)C2C)CCN1C. The minimum absolute atomic E-state index is 0.00980. The first-order valence-electron chi connectivity index (χ1n) is 8.19. The Morgan fingerprint density at radius 3 is 2.43 bits per heavy atom. The van der Waals surface area contributed by atoms with E-state index < -0.39 is 5.54 Å². The van der Waals surface area contributed by atoms with Crippen LogP contribution in [0.25, 0.3) is 0 Å². The molecule has 3 aliphatic rings. The van der Waals surface area contributed by atoms with Crippen molar-refractivity contribution in [1.29, 1.82) is 0 Å². The van der Waals surface area contributed by atoms with E-state index in [9.17, 15) is 9.59 Å². The van der Waals surface area contributed by atoms with Crippen LogP contribution in [0.1, 0.15) is 46.5 Å². The summed E-state index contributed by atoms with van der Waals surface area (Å²) in [5.74, 6) is 0.474. The highest BCUT2D eigenvalue weighted by molar-refractivity contribution is 6.00. The summed E-state index contributed by atoms with van der Waals surface area (Å²) in [7, 11) is 2.13. The number of nitrogens with zero attached hydrogens (tertiary/aromatic N) is 2. The summed E-state index contributed by atoms with van der Waals surface area (Å²) in [6, 6.07) is 0.314. The number of nitrogens with one attached hydrogen (secondary N) is 1. The Labute approximate surface area is 127 Å². The van der Waals surface area contributed by atoms with E-state index in [4.69, 9.17) is 0 Å². The summed E-state index contributed by atoms with van der Waals surface area (Å²) in [5, 5.41) is 3.00. The van der Waals surface area contributed by atoms with Gasteiger partial charge in [0.25, 0.3) is 0 Å². The van der Waals surface area contributed by atoms with Crippen LogP contribution in [0.5, 0.6) is 0 Å². The fourth-order valence-corrected chi connectivity index (χ4v) is 3.92. The number of piperidine rings is 1. The number of hydrogen-bond acceptors (Lipinski definition) is 3. The van der Waals surface area contributed by atoms with Crippen LogP contribution < -0.4 is 5.32 Å². The molecule has 0 aromatic rings. The summed E-state index contributed by atoms with van der Waals surface area (Å²) in [6.07, 6.45) is 4.02. The highest BCUT2D eigenvalue weighted by atomic mass is 16.2. The van der Waals surface area contributed by atoms with E-state index >= 15 is 0 Å². The maximum atomic E-state index is 13.1. The van der Waals surface area contributed by atoms with Gasteiger partial charge in [-0.05, 0) is 59.4 Å². The van der Waals surface area contributed by atoms with Crippen molar-refractivity contribution in [3.63, 3.8) is 0 Å². The zero-order valence-corrected chi connectivity index (χ0v) is 13.6. The fourth-order valence-electron chi connectivity index (χ4n) is 3.92. The van der Waals surface area contributed by atoms with Gasteiger partial charge >= 0.3 is 0 Å². The minimum atomic E-state index is -0.670. The van der Waals surface area contributed by atoms with E-state index in [1.807, 2.05) is 18.7 Å². The second-order valence-corrected chi connectivity index (χ2v) is 7.36. The molecule has 0 aromatic carbocycles. The molecule has 4 unspecified atom stereocenters. The summed E-state index contributed by atoms with van der Waals surface area (Å²) < 4.78 is 0. The highest BCUT2D eigenvalue weighted by Gasteiger charge is 2.55. The molecule has 2 amide bonds. The molecule has 3 rings (SSSR count). The lowest BCUT2D eigenvalue weighted by Gasteiger charge is -2.49. The molecule has 21 heavy (non-hydrogen) atoms. The fraction of sp³-hybridized carbons (Fsp3) is 0.875. The molecule has 1 N–H and O–H groups in total. The summed E-state index contributed by atoms with van der Waals surface area (Å²) in [6.45, 7) is 6.97. The van der Waals surface area contributed by atoms with Crippen LogP contribution in [0.2, 0.25) is 0 Å². The minimum Gasteiger partial charge on any atom is -0.340 e. The van der Waals surface area contributed by atoms with Gasteiger partial charge in [-0.1, -0.05) is 0 Å². The number of carbonyl (C=O) groups is 2. The standard InChI is InChI=1S/C16H27N3O2/c1-10-9-13(7-8-18(10)4)19-11(2)14(20)17-16(3,15(19)21)12-5-6-12/h10-13H,5-9H2,1-4H3,(H,17,20). The molecule has 2 saturated heterocycles. The van der Waals surface area contributed by atoms with Gasteiger partial charge < -0.3 is 15.1 Å². The molecule has 3 fully saturated rings. The molecule has 1 aliphatic carbocycles. The Bertz CT molecular complexity index is 462. The zero-order valence-electron chi connectivity index (χ0n) is 13.6. The Morgan fingerprint density at radius 1 is 1.19 bits per heavy atom. The van der Waals surface area contributed by atoms with Crippen LogP contribution in [0.4, 0.5) is 0 Å². The van der Waals surface area contributed by atoms with Crippen LogP contribution in [0, 0.1) is 5.92 Å². The molecule has 0 radical (unpaired) electrons. The van der Waals surface area contributed by atoms with Gasteiger partial charge in [-0.2, -0.15) is 0 Å². The molecular formula is C16H27N3O2. The molecule has 0 spiro atoms. The predicted molar refractivity (Wildman–Crippen MR) is 80.7 cm³/mol. The van der Waals surface area contributed by atoms with Gasteiger partial charge in [0.05, 0.1) is 0 Å². The zero-order chi connectivity index (χ0) is 15.4. The summed E-state index contributed by atoms with van der Waals surface area (Å²) in [5.41, 5.74) is -0.670. The first kappa shape index (κ1) is 14.8. The third-order valence-electron chi connectivity index (χ3n) is 5.83. The largest absolute Gasteiger partial charge is 0.340 e. The molecule has 0 bridgehead atoms. The predicted octanol–water partition coefficient (Wildman–Crippen LogP) is 0.985. The van der Waals surface area contributed by atoms with Gasteiger partial charge in [0, 0.05) is 18.6 Å². The molecule has 2 heterocycles. The van der Waals surface area contributed by atoms with Gasteiger partial charge in [0.2, 0.25) is 11.8 Å². The Kier molecular flexibility index (Phi) is 3.51. The maximum absolute atomic E-state index is 13.1. The second-order valence-electron chi connectivity index (χ2n) is 7.36. The highest BCUT2D eigenvalue weighted by Crippen LogP contribution is 2.43. The number of hydrogen-bond donors (Lipinski definition) is 1. The lowest BCUT2D eigenvalue weighted by Crippen LogP contribution is -2.72. The van der Waals surface area contributed by atoms with Crippen LogP contribution in [-0.2, 0) is 9.59 Å². The number of piperazine rings is 1. The maximum Gasteiger partial charge on any atom is 0.249 e. The Morgan fingerprint density at radius 2 is 1.86 bits per heavy atom. The molecule has 5 heteroatoms. The van der Waals surface area contributed by atoms with Crippen molar-refractivity contribution in [1.82, 2.24) is 15.1 Å². The quantitative estimate of drug-likeness (QED) is 0.826. The molecule has 5 nitrogen and oxygen atoms in total. The average Bonchev–Trinajstić information content (AvgIpc) is 3.26. The van der Waals surface area contributed by atoms with Crippen molar-refractivity contribution in [2.45, 2.75) is 70.1 Å². The molecule has 0 aromatic heterocycles. The van der Waals surface area contributed by atoms with E-state index in [1.165, 1.54) is 0 Å². The first-order chi connectivity index (χ1) is 9.84. The van der Waals surface area contributed by atoms with Crippen molar-refractivity contribution < 1.29 is 9.59 Å². The number of likely N-dealkylation sites (tertiary alicyclic amines) is 1. The van der Waals surface area contributed by atoms with Crippen molar-refractivity contribution in [3.8, 4) is 0 Å². The molecular weight excluding hydrogens is 266 g/mol. The van der Waals surface area contributed by atoms with Gasteiger partial charge in [-0.15, -0.1) is 0 Å². The summed E-state index contributed by atoms with van der Waals surface area (Å²) >= 11 is 0. The van der Waals surface area contributed by atoms with E-state index in [0.717, 1.165) is 32.2 Å². The summed E-state index contributed by atoms with van der Waals surface area (Å²) in [4.78, 5) is 29.7. The number of amides is 2. The topological polar surface area (TPSA) is 52.7 Å². The average molecular weight is 293 g/mol. The van der Waals surface area contributed by atoms with E-state index in [1.54, 1.807) is 0 Å². The van der Waals surface area contributed by atoms with Crippen LogP contribution in [0.3, 0.4) is 0 Å². The van der Waals surface area contributed by atoms with Crippen molar-refractivity contribution in [2.24, 2.45) is 5.92 Å². The van der Waals surface area contributed by atoms with E-state index in [2.05, 4.69) is 24.2 Å². The van der Waals surface area contributed by atoms with Crippen LogP contribution in [-0.4, -0.2) is 58.9 Å². The second kappa shape index (κ2) is 4.97. The third-order valence-corrected chi connectivity index (χ3v) is 5.83. The smallest absolute Gasteiger partial charge is 0.249 e. The Balaban J connectivity index is 1.84. The van der Waals surface area contributed by atoms with Gasteiger partial charge in [-0.25, -0.2) is 0 Å². The molecule has 118 valence electrons. The lowest BCUT2D eigenvalue weighted by atomic mass is 9.86. The normalized spacial score (nSPS) is 42.1. The number of rotatable bonds is 2.